The zero-order valence-corrected chi connectivity index (χ0v) is 13.8. The van der Waals surface area contributed by atoms with Crippen molar-refractivity contribution in [2.24, 2.45) is 0 Å². The Morgan fingerprint density at radius 1 is 1.32 bits per heavy atom. The third kappa shape index (κ3) is 4.73. The number of nitrogens with one attached hydrogen (secondary N) is 2. The lowest BCUT2D eigenvalue weighted by atomic mass is 10.1. The summed E-state index contributed by atoms with van der Waals surface area (Å²) in [6.45, 7) is 2.17. The van der Waals surface area contributed by atoms with Gasteiger partial charge in [-0.1, -0.05) is 36.7 Å². The summed E-state index contributed by atoms with van der Waals surface area (Å²) in [5.74, 6) is 0. The number of halogens is 1. The maximum Gasteiger partial charge on any atom is 0.315 e. The van der Waals surface area contributed by atoms with Crippen LogP contribution in [0.2, 0.25) is 5.02 Å². The number of thiophene rings is 1. The van der Waals surface area contributed by atoms with Crippen molar-refractivity contribution in [2.75, 3.05) is 6.54 Å². The number of aliphatic hydroxyl groups excluding tert-OH is 1. The first-order chi connectivity index (χ1) is 10.6. The molecule has 1 aromatic carbocycles. The van der Waals surface area contributed by atoms with E-state index in [4.69, 9.17) is 11.6 Å². The van der Waals surface area contributed by atoms with Crippen LogP contribution in [0, 0.1) is 0 Å². The molecule has 2 atom stereocenters. The highest BCUT2D eigenvalue weighted by Crippen LogP contribution is 2.21. The Hall–Kier alpha value is -1.56. The van der Waals surface area contributed by atoms with Crippen molar-refractivity contribution in [1.29, 1.82) is 0 Å². The van der Waals surface area contributed by atoms with E-state index >= 15 is 0 Å². The molecule has 22 heavy (non-hydrogen) atoms. The van der Waals surface area contributed by atoms with Gasteiger partial charge in [0.15, 0.2) is 0 Å². The fourth-order valence-corrected chi connectivity index (χ4v) is 3.05. The molecule has 2 amide bonds. The molecule has 0 spiro atoms. The minimum atomic E-state index is -0.759. The number of rotatable bonds is 6. The van der Waals surface area contributed by atoms with E-state index in [0.717, 1.165) is 16.9 Å². The number of carbonyl (C=O) groups excluding carboxylic acids is 1. The van der Waals surface area contributed by atoms with Crippen LogP contribution in [0.4, 0.5) is 4.79 Å². The van der Waals surface area contributed by atoms with Crippen molar-refractivity contribution < 1.29 is 9.90 Å². The SMILES string of the molecule is CCC(NC(=O)NCC(O)c1ccc(Cl)cc1)c1cccs1. The number of hydrogen-bond acceptors (Lipinski definition) is 3. The van der Waals surface area contributed by atoms with Gasteiger partial charge in [0.1, 0.15) is 0 Å². The van der Waals surface area contributed by atoms with Crippen LogP contribution >= 0.6 is 22.9 Å². The Morgan fingerprint density at radius 2 is 2.05 bits per heavy atom. The molecule has 0 aliphatic carbocycles. The van der Waals surface area contributed by atoms with Gasteiger partial charge in [-0.05, 0) is 35.6 Å². The number of urea groups is 1. The molecule has 0 bridgehead atoms. The molecular weight excluding hydrogens is 320 g/mol. The third-order valence-electron chi connectivity index (χ3n) is 3.31. The average molecular weight is 339 g/mol. The van der Waals surface area contributed by atoms with E-state index in [1.54, 1.807) is 35.6 Å². The molecule has 2 rings (SSSR count). The summed E-state index contributed by atoms with van der Waals surface area (Å²) in [6.07, 6.45) is 0.0538. The second-order valence-corrected chi connectivity index (χ2v) is 6.31. The van der Waals surface area contributed by atoms with E-state index in [-0.39, 0.29) is 18.6 Å². The van der Waals surface area contributed by atoms with Crippen LogP contribution in [-0.2, 0) is 0 Å². The van der Waals surface area contributed by atoms with Gasteiger partial charge in [-0.15, -0.1) is 11.3 Å². The molecule has 4 nitrogen and oxygen atoms in total. The Morgan fingerprint density at radius 3 is 2.64 bits per heavy atom. The number of hydrogen-bond donors (Lipinski definition) is 3. The predicted molar refractivity (Wildman–Crippen MR) is 90.3 cm³/mol. The zero-order valence-electron chi connectivity index (χ0n) is 12.3. The van der Waals surface area contributed by atoms with E-state index in [1.807, 2.05) is 24.4 Å². The fourth-order valence-electron chi connectivity index (χ4n) is 2.07. The van der Waals surface area contributed by atoms with E-state index in [2.05, 4.69) is 10.6 Å². The van der Waals surface area contributed by atoms with Gasteiger partial charge >= 0.3 is 6.03 Å². The van der Waals surface area contributed by atoms with Crippen LogP contribution in [0.15, 0.2) is 41.8 Å². The fraction of sp³-hybridized carbons (Fsp3) is 0.312. The van der Waals surface area contributed by atoms with Gasteiger partial charge in [-0.25, -0.2) is 4.79 Å². The lowest BCUT2D eigenvalue weighted by molar-refractivity contribution is 0.172. The quantitative estimate of drug-likeness (QED) is 0.748. The second kappa shape index (κ2) is 8.17. The summed E-state index contributed by atoms with van der Waals surface area (Å²) >= 11 is 7.42. The Labute approximate surface area is 139 Å². The molecule has 0 radical (unpaired) electrons. The molecule has 0 saturated heterocycles. The smallest absolute Gasteiger partial charge is 0.315 e. The summed E-state index contributed by atoms with van der Waals surface area (Å²) in [4.78, 5) is 13.1. The van der Waals surface area contributed by atoms with Crippen LogP contribution in [-0.4, -0.2) is 17.7 Å². The first kappa shape index (κ1) is 16.8. The van der Waals surface area contributed by atoms with Crippen LogP contribution in [0.3, 0.4) is 0 Å². The molecule has 2 aromatic rings. The summed E-state index contributed by atoms with van der Waals surface area (Å²) in [6, 6.07) is 10.6. The maximum absolute atomic E-state index is 11.9. The topological polar surface area (TPSA) is 61.4 Å². The van der Waals surface area contributed by atoms with E-state index in [9.17, 15) is 9.90 Å². The van der Waals surface area contributed by atoms with Crippen molar-refractivity contribution in [3.05, 3.63) is 57.2 Å². The second-order valence-electron chi connectivity index (χ2n) is 4.90. The maximum atomic E-state index is 11.9. The lowest BCUT2D eigenvalue weighted by Gasteiger charge is -2.17. The molecule has 2 unspecified atom stereocenters. The van der Waals surface area contributed by atoms with Crippen molar-refractivity contribution in [1.82, 2.24) is 10.6 Å². The first-order valence-corrected chi connectivity index (χ1v) is 8.37. The van der Waals surface area contributed by atoms with Gasteiger partial charge < -0.3 is 15.7 Å². The van der Waals surface area contributed by atoms with E-state index in [0.29, 0.717) is 5.02 Å². The minimum absolute atomic E-state index is 0.00678. The van der Waals surface area contributed by atoms with Crippen LogP contribution in [0.5, 0.6) is 0 Å². The van der Waals surface area contributed by atoms with E-state index in [1.165, 1.54) is 0 Å². The summed E-state index contributed by atoms with van der Waals surface area (Å²) in [7, 11) is 0. The predicted octanol–water partition coefficient (Wildman–Crippen LogP) is 3.89. The zero-order chi connectivity index (χ0) is 15.9. The molecule has 1 aromatic heterocycles. The van der Waals surface area contributed by atoms with Gasteiger partial charge in [0.25, 0.3) is 0 Å². The highest BCUT2D eigenvalue weighted by atomic mass is 35.5. The normalized spacial score (nSPS) is 13.4. The van der Waals surface area contributed by atoms with Gasteiger partial charge in [0.2, 0.25) is 0 Å². The first-order valence-electron chi connectivity index (χ1n) is 7.11. The minimum Gasteiger partial charge on any atom is -0.387 e. The van der Waals surface area contributed by atoms with Crippen molar-refractivity contribution in [3.8, 4) is 0 Å². The molecule has 0 aliphatic heterocycles. The van der Waals surface area contributed by atoms with Crippen LogP contribution in [0.25, 0.3) is 0 Å². The monoisotopic (exact) mass is 338 g/mol. The van der Waals surface area contributed by atoms with Gasteiger partial charge in [-0.2, -0.15) is 0 Å². The van der Waals surface area contributed by atoms with Gasteiger partial charge in [0, 0.05) is 16.4 Å². The summed E-state index contributed by atoms with van der Waals surface area (Å²) < 4.78 is 0. The molecular formula is C16H19ClN2O2S. The molecule has 0 saturated carbocycles. The number of benzene rings is 1. The Balaban J connectivity index is 1.83. The lowest BCUT2D eigenvalue weighted by Crippen LogP contribution is -2.39. The highest BCUT2D eigenvalue weighted by molar-refractivity contribution is 7.10. The standard InChI is InChI=1S/C16H19ClN2O2S/c1-2-13(15-4-3-9-22-15)19-16(21)18-10-14(20)11-5-7-12(17)8-6-11/h3-9,13-14,20H,2,10H2,1H3,(H2,18,19,21). The number of aliphatic hydroxyl groups is 1. The van der Waals surface area contributed by atoms with Gasteiger partial charge in [-0.3, -0.25) is 0 Å². The molecule has 118 valence electrons. The highest BCUT2D eigenvalue weighted by Gasteiger charge is 2.14. The Kier molecular flexibility index (Phi) is 6.24. The number of amides is 2. The average Bonchev–Trinajstić information content (AvgIpc) is 3.05. The van der Waals surface area contributed by atoms with Crippen molar-refractivity contribution in [2.45, 2.75) is 25.5 Å². The van der Waals surface area contributed by atoms with Crippen molar-refractivity contribution in [3.63, 3.8) is 0 Å². The van der Waals surface area contributed by atoms with E-state index < -0.39 is 6.10 Å². The number of carbonyl (C=O) groups is 1. The van der Waals surface area contributed by atoms with Gasteiger partial charge in [0.05, 0.1) is 12.1 Å². The molecule has 1 heterocycles. The summed E-state index contributed by atoms with van der Waals surface area (Å²) in [5.41, 5.74) is 0.718. The molecule has 6 heteroatoms. The Bertz CT molecular complexity index is 587. The molecule has 3 N–H and O–H groups in total. The summed E-state index contributed by atoms with van der Waals surface area (Å²) in [5, 5.41) is 18.3. The van der Waals surface area contributed by atoms with Crippen LogP contribution < -0.4 is 10.6 Å². The molecule has 0 aliphatic rings. The van der Waals surface area contributed by atoms with Crippen molar-refractivity contribution >= 4 is 29.0 Å². The molecule has 0 fully saturated rings. The third-order valence-corrected chi connectivity index (χ3v) is 4.55. The largest absolute Gasteiger partial charge is 0.387 e. The van der Waals surface area contributed by atoms with Crippen LogP contribution in [0.1, 0.15) is 35.9 Å².